The molecule has 2 atom stereocenters. The molecule has 3 saturated carbocycles. The molecule has 0 spiro atoms. The van der Waals surface area contributed by atoms with Gasteiger partial charge in [0.2, 0.25) is 5.82 Å². The number of rotatable bonds is 7. The van der Waals surface area contributed by atoms with Crippen LogP contribution in [0.2, 0.25) is 5.15 Å². The number of carboxylic acid groups (broad SMARTS) is 1. The fourth-order valence-electron chi connectivity index (χ4n) is 7.65. The normalized spacial score (nSPS) is 23.2. The van der Waals surface area contributed by atoms with Crippen molar-refractivity contribution in [2.45, 2.75) is 25.7 Å². The molecule has 4 aliphatic rings. The zero-order valence-electron chi connectivity index (χ0n) is 24.4. The maximum atomic E-state index is 16.4. The number of aromatic amines is 1. The van der Waals surface area contributed by atoms with Crippen LogP contribution in [-0.2, 0) is 4.79 Å². The van der Waals surface area contributed by atoms with Gasteiger partial charge in [0.25, 0.3) is 0 Å². The molecule has 1 aliphatic heterocycles. The Balaban J connectivity index is 1.11. The zero-order chi connectivity index (χ0) is 30.7. The van der Waals surface area contributed by atoms with Gasteiger partial charge in [-0.2, -0.15) is 4.39 Å². The second kappa shape index (κ2) is 11.4. The van der Waals surface area contributed by atoms with Crippen LogP contribution in [0.4, 0.5) is 21.0 Å². The summed E-state index contributed by atoms with van der Waals surface area (Å²) in [6.07, 6.45) is 7.10. The molecule has 0 amide bonds. The maximum Gasteiger partial charge on any atom is 0.307 e. The van der Waals surface area contributed by atoms with Gasteiger partial charge < -0.3 is 25.2 Å². The Hall–Kier alpha value is -4.03. The van der Waals surface area contributed by atoms with Gasteiger partial charge in [-0.25, -0.2) is 19.9 Å². The highest BCUT2D eigenvalue weighted by atomic mass is 35.5. The van der Waals surface area contributed by atoms with Crippen molar-refractivity contribution in [3.8, 4) is 11.4 Å². The van der Waals surface area contributed by atoms with Crippen molar-refractivity contribution >= 4 is 66.8 Å². The van der Waals surface area contributed by atoms with E-state index in [-0.39, 0.29) is 28.6 Å². The third-order valence-corrected chi connectivity index (χ3v) is 11.3. The van der Waals surface area contributed by atoms with Crippen LogP contribution in [0.1, 0.15) is 25.7 Å². The van der Waals surface area contributed by atoms with E-state index in [0.29, 0.717) is 61.2 Å². The van der Waals surface area contributed by atoms with E-state index in [0.717, 1.165) is 25.7 Å². The number of H-pyrrole nitrogens is 1. The monoisotopic (exact) mass is 646 g/mol. The number of hydrogen-bond donors (Lipinski definition) is 3. The molecule has 0 radical (unpaired) electrons. The topological polar surface area (TPSA) is 123 Å². The molecule has 9 rings (SSSR count). The van der Waals surface area contributed by atoms with Gasteiger partial charge in [-0.05, 0) is 61.0 Å². The van der Waals surface area contributed by atoms with Gasteiger partial charge in [-0.1, -0.05) is 29.8 Å². The number of benzene rings is 1. The number of thiophene rings is 1. The molecule has 3 aliphatic carbocycles. The summed E-state index contributed by atoms with van der Waals surface area (Å²) in [6, 6.07) is 10.6. The largest absolute Gasteiger partial charge is 0.481 e. The van der Waals surface area contributed by atoms with E-state index < -0.39 is 17.7 Å². The number of piperazine rings is 1. The Kier molecular flexibility index (Phi) is 7.21. The number of halogens is 2. The number of anilines is 3. The molecule has 10 nitrogen and oxygen atoms in total. The number of nitrogens with one attached hydrogen (secondary N) is 2. The standard InChI is InChI=1S/C32H32ClFN8O2S/c33-23-16-37-30-27(38-23)21(15-36-30)28-39-29(35-14-20-17-5-7-18(8-6-17)25(20)32(43)44)26(34)31(40-28)42-11-9-41(10-12-42)24-13-19-3-1-2-4-22(19)45-24/h1-4,13,15-18,20,25H,5-12,14H2,(H,36,37)(H,43,44)(H,35,39,40)/t17?,18?,20-,25-/m0/s1. The van der Waals surface area contributed by atoms with Gasteiger partial charge in [-0.3, -0.25) is 4.79 Å². The van der Waals surface area contributed by atoms with Crippen LogP contribution in [0.5, 0.6) is 0 Å². The summed E-state index contributed by atoms with van der Waals surface area (Å²) in [5.74, 6) is -0.755. The number of carboxylic acids is 1. The van der Waals surface area contributed by atoms with Crippen LogP contribution in [0.3, 0.4) is 0 Å². The van der Waals surface area contributed by atoms with E-state index in [1.807, 2.05) is 11.0 Å². The van der Waals surface area contributed by atoms with Crippen molar-refractivity contribution in [1.82, 2.24) is 24.9 Å². The highest BCUT2D eigenvalue weighted by molar-refractivity contribution is 7.22. The lowest BCUT2D eigenvalue weighted by molar-refractivity contribution is -0.151. The SMILES string of the molecule is O=C(O)[C@H]1C2CCC(CC2)[C@@H]1CNc1nc(-c2c[nH]c3ncc(Cl)nc23)nc(N2CCN(c3cc4ccccc4s3)CC2)c1F. The van der Waals surface area contributed by atoms with E-state index in [4.69, 9.17) is 16.6 Å². The minimum atomic E-state index is -0.758. The van der Waals surface area contributed by atoms with Gasteiger partial charge in [0.05, 0.1) is 22.7 Å². The Morgan fingerprint density at radius 3 is 2.60 bits per heavy atom. The van der Waals surface area contributed by atoms with Gasteiger partial charge in [0.1, 0.15) is 10.7 Å². The van der Waals surface area contributed by atoms with Crippen molar-refractivity contribution in [1.29, 1.82) is 0 Å². The lowest BCUT2D eigenvalue weighted by Gasteiger charge is -2.47. The van der Waals surface area contributed by atoms with E-state index in [1.54, 1.807) is 17.5 Å². The predicted octanol–water partition coefficient (Wildman–Crippen LogP) is 6.30. The third-order valence-electron chi connectivity index (χ3n) is 9.91. The van der Waals surface area contributed by atoms with Crippen LogP contribution in [0, 0.1) is 29.5 Å². The quantitative estimate of drug-likeness (QED) is 0.187. The average Bonchev–Trinajstić information content (AvgIpc) is 3.69. The molecule has 5 aromatic rings. The Bertz CT molecular complexity index is 1870. The molecule has 2 bridgehead atoms. The van der Waals surface area contributed by atoms with Crippen molar-refractivity contribution in [3.63, 3.8) is 0 Å². The van der Waals surface area contributed by atoms with E-state index >= 15 is 4.39 Å². The Morgan fingerprint density at radius 2 is 1.82 bits per heavy atom. The lowest BCUT2D eigenvalue weighted by Crippen LogP contribution is -2.47. The predicted molar refractivity (Wildman–Crippen MR) is 175 cm³/mol. The van der Waals surface area contributed by atoms with Crippen LogP contribution in [0.25, 0.3) is 32.6 Å². The minimum Gasteiger partial charge on any atom is -0.481 e. The van der Waals surface area contributed by atoms with Crippen molar-refractivity contribution in [2.75, 3.05) is 47.8 Å². The molecule has 3 N–H and O–H groups in total. The fraction of sp³-hybridized carbons (Fsp3) is 0.406. The van der Waals surface area contributed by atoms with Crippen LogP contribution >= 0.6 is 22.9 Å². The third kappa shape index (κ3) is 5.13. The van der Waals surface area contributed by atoms with Gasteiger partial charge in [0.15, 0.2) is 23.1 Å². The van der Waals surface area contributed by atoms with Crippen LogP contribution < -0.4 is 15.1 Å². The van der Waals surface area contributed by atoms with Gasteiger partial charge >= 0.3 is 5.97 Å². The Morgan fingerprint density at radius 1 is 1.07 bits per heavy atom. The lowest BCUT2D eigenvalue weighted by atomic mass is 9.58. The molecule has 5 heterocycles. The Labute approximate surface area is 267 Å². The number of carbonyl (C=O) groups is 1. The summed E-state index contributed by atoms with van der Waals surface area (Å²) in [6.45, 7) is 2.92. The van der Waals surface area contributed by atoms with Gasteiger partial charge in [0, 0.05) is 43.6 Å². The second-order valence-corrected chi connectivity index (χ2v) is 13.8. The zero-order valence-corrected chi connectivity index (χ0v) is 26.0. The fourth-order valence-corrected chi connectivity index (χ4v) is 8.90. The molecule has 4 aromatic heterocycles. The first-order valence-corrected chi connectivity index (χ1v) is 16.6. The van der Waals surface area contributed by atoms with Crippen LogP contribution in [0.15, 0.2) is 42.7 Å². The highest BCUT2D eigenvalue weighted by Crippen LogP contribution is 2.49. The van der Waals surface area contributed by atoms with E-state index in [9.17, 15) is 9.90 Å². The molecule has 1 saturated heterocycles. The summed E-state index contributed by atoms with van der Waals surface area (Å²) in [7, 11) is 0. The molecule has 45 heavy (non-hydrogen) atoms. The highest BCUT2D eigenvalue weighted by Gasteiger charge is 2.47. The smallest absolute Gasteiger partial charge is 0.307 e. The number of hydrogen-bond acceptors (Lipinski definition) is 9. The van der Waals surface area contributed by atoms with Gasteiger partial charge in [-0.15, -0.1) is 11.3 Å². The summed E-state index contributed by atoms with van der Waals surface area (Å²) < 4.78 is 17.6. The minimum absolute atomic E-state index is 0.0665. The first-order valence-electron chi connectivity index (χ1n) is 15.5. The molecular formula is C32H32ClFN8O2S. The first-order chi connectivity index (χ1) is 21.9. The first kappa shape index (κ1) is 28.4. The summed E-state index contributed by atoms with van der Waals surface area (Å²) in [5.41, 5.74) is 1.59. The van der Waals surface area contributed by atoms with Crippen molar-refractivity contribution < 1.29 is 14.3 Å². The number of fused-ring (bicyclic) bond motifs is 5. The van der Waals surface area contributed by atoms with E-state index in [2.05, 4.69) is 54.4 Å². The average molecular weight is 647 g/mol. The van der Waals surface area contributed by atoms with E-state index in [1.165, 1.54) is 21.3 Å². The number of nitrogens with zero attached hydrogens (tertiary/aromatic N) is 6. The molecule has 1 aromatic carbocycles. The van der Waals surface area contributed by atoms with Crippen molar-refractivity contribution in [2.24, 2.45) is 23.7 Å². The van der Waals surface area contributed by atoms with Crippen molar-refractivity contribution in [3.05, 3.63) is 53.7 Å². The number of aliphatic carboxylic acids is 1. The molecular weight excluding hydrogens is 615 g/mol. The molecule has 232 valence electrons. The number of aromatic nitrogens is 5. The maximum absolute atomic E-state index is 16.4. The summed E-state index contributed by atoms with van der Waals surface area (Å²) >= 11 is 7.95. The summed E-state index contributed by atoms with van der Waals surface area (Å²) in [4.78, 5) is 37.8. The second-order valence-electron chi connectivity index (χ2n) is 12.3. The molecule has 13 heteroatoms. The summed E-state index contributed by atoms with van der Waals surface area (Å²) in [5, 5.41) is 16.0. The molecule has 0 unspecified atom stereocenters. The molecule has 4 fully saturated rings. The van der Waals surface area contributed by atoms with Crippen LogP contribution in [-0.4, -0.2) is 68.7 Å².